The average Bonchev–Trinajstić information content (AvgIpc) is 2.78. The fourth-order valence-corrected chi connectivity index (χ4v) is 1.81. The third-order valence-corrected chi connectivity index (χ3v) is 2.98. The zero-order valence-corrected chi connectivity index (χ0v) is 10.1. The molecule has 6 heteroatoms. The molecule has 1 heterocycles. The minimum Gasteiger partial charge on any atom is -0.508 e. The van der Waals surface area contributed by atoms with E-state index in [2.05, 4.69) is 10.1 Å². The second-order valence-corrected chi connectivity index (χ2v) is 4.63. The summed E-state index contributed by atoms with van der Waals surface area (Å²) in [5.41, 5.74) is 0.338. The number of rotatable bonds is 4. The van der Waals surface area contributed by atoms with Crippen LogP contribution in [-0.2, 0) is 5.75 Å². The van der Waals surface area contributed by atoms with Gasteiger partial charge >= 0.3 is 0 Å². The summed E-state index contributed by atoms with van der Waals surface area (Å²) < 4.78 is 5.04. The van der Waals surface area contributed by atoms with Gasteiger partial charge in [0, 0.05) is 0 Å². The monoisotopic (exact) mass is 252 g/mol. The Kier molecular flexibility index (Phi) is 3.53. The van der Waals surface area contributed by atoms with Crippen molar-refractivity contribution >= 4 is 11.8 Å². The van der Waals surface area contributed by atoms with Crippen LogP contribution in [0.2, 0.25) is 0 Å². The van der Waals surface area contributed by atoms with Crippen LogP contribution in [0, 0.1) is 0 Å². The highest BCUT2D eigenvalue weighted by Gasteiger charge is 2.13. The van der Waals surface area contributed by atoms with Gasteiger partial charge in [-0.25, -0.2) is 0 Å². The lowest BCUT2D eigenvalue weighted by molar-refractivity contribution is 0.418. The maximum atomic E-state index is 9.63. The molecule has 2 aromatic rings. The molecule has 0 bridgehead atoms. The molecule has 0 spiro atoms. The van der Waals surface area contributed by atoms with Gasteiger partial charge in [0.1, 0.15) is 11.5 Å². The average molecular weight is 252 g/mol. The van der Waals surface area contributed by atoms with Crippen molar-refractivity contribution in [3.8, 4) is 23.0 Å². The number of benzene rings is 1. The Bertz CT molecular complexity index is 513. The molecule has 5 nitrogen and oxygen atoms in total. The first kappa shape index (κ1) is 11.8. The van der Waals surface area contributed by atoms with Gasteiger partial charge in [0.15, 0.2) is 5.82 Å². The number of hydrogen-bond donors (Lipinski definition) is 2. The van der Waals surface area contributed by atoms with Gasteiger partial charge < -0.3 is 14.7 Å². The molecular weight excluding hydrogens is 240 g/mol. The van der Waals surface area contributed by atoms with Crippen LogP contribution in [0.5, 0.6) is 11.5 Å². The van der Waals surface area contributed by atoms with Crippen molar-refractivity contribution in [1.29, 1.82) is 0 Å². The van der Waals surface area contributed by atoms with Gasteiger partial charge in [0.2, 0.25) is 0 Å². The second-order valence-electron chi connectivity index (χ2n) is 3.35. The van der Waals surface area contributed by atoms with Gasteiger partial charge in [-0.3, -0.25) is 0 Å². The van der Waals surface area contributed by atoms with Crippen molar-refractivity contribution in [2.75, 3.05) is 5.75 Å². The predicted molar refractivity (Wildman–Crippen MR) is 64.9 cm³/mol. The normalized spacial score (nSPS) is 10.6. The number of nitrogens with zero attached hydrogens (tertiary/aromatic N) is 2. The molecule has 0 amide bonds. The summed E-state index contributed by atoms with van der Waals surface area (Å²) in [5.74, 6) is 2.47. The first-order valence-electron chi connectivity index (χ1n) is 5.13. The maximum absolute atomic E-state index is 9.63. The lowest BCUT2D eigenvalue weighted by Gasteiger charge is -1.99. The second kappa shape index (κ2) is 5.09. The summed E-state index contributed by atoms with van der Waals surface area (Å²) in [6.45, 7) is 2.05. The van der Waals surface area contributed by atoms with Crippen LogP contribution in [0.4, 0.5) is 0 Å². The number of aromatic hydroxyl groups is 2. The molecule has 2 rings (SSSR count). The molecule has 0 aliphatic carbocycles. The van der Waals surface area contributed by atoms with E-state index in [-0.39, 0.29) is 17.4 Å². The topological polar surface area (TPSA) is 79.4 Å². The molecule has 0 unspecified atom stereocenters. The molecule has 0 saturated carbocycles. The van der Waals surface area contributed by atoms with E-state index in [1.165, 1.54) is 18.2 Å². The third-order valence-electron chi connectivity index (χ3n) is 2.11. The van der Waals surface area contributed by atoms with Crippen LogP contribution in [0.25, 0.3) is 11.5 Å². The summed E-state index contributed by atoms with van der Waals surface area (Å²) in [6, 6.07) is 4.16. The van der Waals surface area contributed by atoms with E-state index in [0.29, 0.717) is 17.1 Å². The zero-order chi connectivity index (χ0) is 12.3. The first-order valence-corrected chi connectivity index (χ1v) is 6.29. The highest BCUT2D eigenvalue weighted by atomic mass is 32.2. The molecule has 0 aliphatic rings. The molecule has 1 aromatic carbocycles. The van der Waals surface area contributed by atoms with E-state index >= 15 is 0 Å². The Morgan fingerprint density at radius 1 is 1.35 bits per heavy atom. The van der Waals surface area contributed by atoms with E-state index in [1.807, 2.05) is 6.92 Å². The first-order chi connectivity index (χ1) is 8.20. The number of phenols is 2. The lowest BCUT2D eigenvalue weighted by atomic mass is 10.2. The Morgan fingerprint density at radius 2 is 2.18 bits per heavy atom. The Morgan fingerprint density at radius 3 is 2.94 bits per heavy atom. The van der Waals surface area contributed by atoms with Crippen molar-refractivity contribution in [2.45, 2.75) is 12.7 Å². The molecule has 0 fully saturated rings. The van der Waals surface area contributed by atoms with Crippen LogP contribution in [0.3, 0.4) is 0 Å². The van der Waals surface area contributed by atoms with E-state index < -0.39 is 0 Å². The molecule has 90 valence electrons. The zero-order valence-electron chi connectivity index (χ0n) is 9.25. The molecule has 2 N–H and O–H groups in total. The number of hydrogen-bond acceptors (Lipinski definition) is 6. The molecule has 0 atom stereocenters. The third kappa shape index (κ3) is 2.71. The van der Waals surface area contributed by atoms with E-state index in [4.69, 9.17) is 4.52 Å². The van der Waals surface area contributed by atoms with Crippen molar-refractivity contribution in [2.24, 2.45) is 0 Å². The number of aromatic nitrogens is 2. The maximum Gasteiger partial charge on any atom is 0.261 e. The largest absolute Gasteiger partial charge is 0.508 e. The van der Waals surface area contributed by atoms with Crippen LogP contribution in [0.1, 0.15) is 12.7 Å². The minimum absolute atomic E-state index is 0.00106. The number of thioether (sulfide) groups is 1. The standard InChI is InChI=1S/C11H12N2O3S/c1-2-17-6-10-12-11(16-13-10)8-5-7(14)3-4-9(8)15/h3-5,14-15H,2,6H2,1H3. The van der Waals surface area contributed by atoms with E-state index in [0.717, 1.165) is 5.75 Å². The molecule has 0 radical (unpaired) electrons. The number of phenolic OH excluding ortho intramolecular Hbond substituents is 2. The predicted octanol–water partition coefficient (Wildman–Crippen LogP) is 2.40. The van der Waals surface area contributed by atoms with Crippen molar-refractivity contribution < 1.29 is 14.7 Å². The molecule has 1 aromatic heterocycles. The minimum atomic E-state index is 0.00106. The van der Waals surface area contributed by atoms with Gasteiger partial charge in [-0.2, -0.15) is 16.7 Å². The lowest BCUT2D eigenvalue weighted by Crippen LogP contribution is -1.84. The van der Waals surface area contributed by atoms with E-state index in [1.54, 1.807) is 11.8 Å². The molecule has 17 heavy (non-hydrogen) atoms. The molecule has 0 saturated heterocycles. The van der Waals surface area contributed by atoms with Crippen LogP contribution in [0.15, 0.2) is 22.7 Å². The summed E-state index contributed by atoms with van der Waals surface area (Å²) >= 11 is 1.68. The van der Waals surface area contributed by atoms with Gasteiger partial charge in [0.05, 0.1) is 11.3 Å². The van der Waals surface area contributed by atoms with E-state index in [9.17, 15) is 10.2 Å². The summed E-state index contributed by atoms with van der Waals surface area (Å²) in [7, 11) is 0. The molecular formula is C11H12N2O3S. The quantitative estimate of drug-likeness (QED) is 0.813. The van der Waals surface area contributed by atoms with Crippen LogP contribution in [-0.4, -0.2) is 26.1 Å². The van der Waals surface area contributed by atoms with Crippen LogP contribution < -0.4 is 0 Å². The summed E-state index contributed by atoms with van der Waals surface area (Å²) in [5, 5.41) is 22.8. The Hall–Kier alpha value is -1.69. The van der Waals surface area contributed by atoms with Crippen molar-refractivity contribution in [3.63, 3.8) is 0 Å². The van der Waals surface area contributed by atoms with Gasteiger partial charge in [-0.05, 0) is 24.0 Å². The Labute approximate surface area is 102 Å². The Balaban J connectivity index is 2.27. The van der Waals surface area contributed by atoms with Crippen molar-refractivity contribution in [1.82, 2.24) is 10.1 Å². The van der Waals surface area contributed by atoms with Crippen molar-refractivity contribution in [3.05, 3.63) is 24.0 Å². The fraction of sp³-hybridized carbons (Fsp3) is 0.273. The van der Waals surface area contributed by atoms with Gasteiger partial charge in [-0.15, -0.1) is 0 Å². The van der Waals surface area contributed by atoms with Gasteiger partial charge in [-0.1, -0.05) is 12.1 Å². The highest BCUT2D eigenvalue weighted by molar-refractivity contribution is 7.98. The SMILES string of the molecule is CCSCc1noc(-c2cc(O)ccc2O)n1. The van der Waals surface area contributed by atoms with Crippen LogP contribution >= 0.6 is 11.8 Å². The van der Waals surface area contributed by atoms with Gasteiger partial charge in [0.25, 0.3) is 5.89 Å². The highest BCUT2D eigenvalue weighted by Crippen LogP contribution is 2.31. The summed E-state index contributed by atoms with van der Waals surface area (Å²) in [6.07, 6.45) is 0. The smallest absolute Gasteiger partial charge is 0.261 e. The summed E-state index contributed by atoms with van der Waals surface area (Å²) in [4.78, 5) is 4.15. The molecule has 0 aliphatic heterocycles. The fourth-order valence-electron chi connectivity index (χ4n) is 1.31.